The van der Waals surface area contributed by atoms with Gasteiger partial charge in [-0.05, 0) is 24.3 Å². The molecule has 2 nitrogen and oxygen atoms in total. The van der Waals surface area contributed by atoms with E-state index in [4.69, 9.17) is 0 Å². The van der Waals surface area contributed by atoms with Crippen LogP contribution in [0.25, 0.3) is 11.3 Å². The molecular formula is C10H6F2N2. The molecule has 0 atom stereocenters. The second-order valence-electron chi connectivity index (χ2n) is 2.70. The molecule has 0 radical (unpaired) electrons. The van der Waals surface area contributed by atoms with Crippen molar-refractivity contribution in [2.75, 3.05) is 0 Å². The number of nitrogens with zero attached hydrogens (tertiary/aromatic N) is 2. The third-order valence-electron chi connectivity index (χ3n) is 1.76. The fourth-order valence-electron chi connectivity index (χ4n) is 1.11. The van der Waals surface area contributed by atoms with E-state index in [1.54, 1.807) is 0 Å². The molecule has 2 rings (SSSR count). The van der Waals surface area contributed by atoms with E-state index in [1.165, 1.54) is 36.7 Å². The Hall–Kier alpha value is -1.84. The quantitative estimate of drug-likeness (QED) is 0.648. The van der Waals surface area contributed by atoms with Crippen molar-refractivity contribution in [2.24, 2.45) is 0 Å². The van der Waals surface area contributed by atoms with E-state index in [0.29, 0.717) is 5.56 Å². The number of halogens is 2. The van der Waals surface area contributed by atoms with Crippen LogP contribution in [0.4, 0.5) is 8.78 Å². The van der Waals surface area contributed by atoms with E-state index in [9.17, 15) is 8.78 Å². The highest BCUT2D eigenvalue weighted by atomic mass is 19.1. The van der Waals surface area contributed by atoms with Crippen molar-refractivity contribution in [3.05, 3.63) is 48.4 Å². The van der Waals surface area contributed by atoms with Crippen molar-refractivity contribution in [2.45, 2.75) is 0 Å². The van der Waals surface area contributed by atoms with Crippen LogP contribution >= 0.6 is 0 Å². The van der Waals surface area contributed by atoms with E-state index in [-0.39, 0.29) is 5.69 Å². The molecule has 0 N–H and O–H groups in total. The maximum atomic E-state index is 13.2. The van der Waals surface area contributed by atoms with Gasteiger partial charge in [0, 0.05) is 18.0 Å². The van der Waals surface area contributed by atoms with E-state index in [2.05, 4.69) is 9.97 Å². The Kier molecular flexibility index (Phi) is 2.18. The maximum Gasteiger partial charge on any atom is 0.212 e. The first kappa shape index (κ1) is 8.74. The summed E-state index contributed by atoms with van der Waals surface area (Å²) in [5.41, 5.74) is 0.643. The van der Waals surface area contributed by atoms with Gasteiger partial charge in [-0.2, -0.15) is 4.39 Å². The monoisotopic (exact) mass is 192 g/mol. The zero-order valence-electron chi connectivity index (χ0n) is 7.11. The molecule has 0 amide bonds. The van der Waals surface area contributed by atoms with Crippen LogP contribution < -0.4 is 0 Å². The number of hydrogen-bond acceptors (Lipinski definition) is 2. The summed E-state index contributed by atoms with van der Waals surface area (Å²) < 4.78 is 25.7. The minimum absolute atomic E-state index is 0.181. The minimum Gasteiger partial charge on any atom is -0.253 e. The van der Waals surface area contributed by atoms with Crippen LogP contribution in [0.1, 0.15) is 0 Å². The summed E-state index contributed by atoms with van der Waals surface area (Å²) in [5.74, 6) is -1.04. The number of hydrogen-bond donors (Lipinski definition) is 0. The Labute approximate surface area is 79.3 Å². The highest BCUT2D eigenvalue weighted by Crippen LogP contribution is 2.18. The van der Waals surface area contributed by atoms with Crippen molar-refractivity contribution in [3.63, 3.8) is 0 Å². The van der Waals surface area contributed by atoms with E-state index < -0.39 is 11.8 Å². The van der Waals surface area contributed by atoms with Gasteiger partial charge < -0.3 is 0 Å². The zero-order valence-corrected chi connectivity index (χ0v) is 7.11. The van der Waals surface area contributed by atoms with Crippen molar-refractivity contribution in [1.82, 2.24) is 9.97 Å². The molecular weight excluding hydrogens is 186 g/mol. The van der Waals surface area contributed by atoms with Gasteiger partial charge >= 0.3 is 0 Å². The van der Waals surface area contributed by atoms with Crippen LogP contribution in [0.2, 0.25) is 0 Å². The van der Waals surface area contributed by atoms with Crippen LogP contribution in [0, 0.1) is 11.8 Å². The minimum atomic E-state index is -0.593. The Bertz CT molecular complexity index is 440. The summed E-state index contributed by atoms with van der Waals surface area (Å²) in [6.07, 6.45) is 2.72. The first-order valence-electron chi connectivity index (χ1n) is 4.00. The molecule has 70 valence electrons. The Morgan fingerprint density at radius 1 is 1.00 bits per heavy atom. The highest BCUT2D eigenvalue weighted by Gasteiger charge is 2.05. The third-order valence-corrected chi connectivity index (χ3v) is 1.76. The summed E-state index contributed by atoms with van der Waals surface area (Å²) in [6.45, 7) is 0. The topological polar surface area (TPSA) is 25.8 Å². The van der Waals surface area contributed by atoms with Crippen LogP contribution in [0.15, 0.2) is 36.7 Å². The lowest BCUT2D eigenvalue weighted by Gasteiger charge is -2.00. The lowest BCUT2D eigenvalue weighted by atomic mass is 10.2. The Morgan fingerprint density at radius 3 is 2.50 bits per heavy atom. The number of aromatic nitrogens is 2. The SMILES string of the molecule is Fc1ccc(-c2ncccc2F)cn1. The maximum absolute atomic E-state index is 13.2. The summed E-state index contributed by atoms with van der Waals surface area (Å²) in [4.78, 5) is 7.26. The molecule has 4 heteroatoms. The van der Waals surface area contributed by atoms with E-state index in [1.807, 2.05) is 0 Å². The van der Waals surface area contributed by atoms with Crippen molar-refractivity contribution < 1.29 is 8.78 Å². The average Bonchev–Trinajstić information content (AvgIpc) is 2.20. The zero-order chi connectivity index (χ0) is 9.97. The van der Waals surface area contributed by atoms with Crippen LogP contribution in [-0.2, 0) is 0 Å². The molecule has 0 aliphatic heterocycles. The predicted octanol–water partition coefficient (Wildman–Crippen LogP) is 2.42. The normalized spacial score (nSPS) is 10.1. The van der Waals surface area contributed by atoms with Crippen molar-refractivity contribution in [3.8, 4) is 11.3 Å². The third kappa shape index (κ3) is 1.59. The van der Waals surface area contributed by atoms with Crippen LogP contribution in [-0.4, -0.2) is 9.97 Å². The van der Waals surface area contributed by atoms with Gasteiger partial charge in [-0.15, -0.1) is 0 Å². The van der Waals surface area contributed by atoms with Gasteiger partial charge in [-0.3, -0.25) is 4.98 Å². The first-order valence-corrected chi connectivity index (χ1v) is 4.00. The average molecular weight is 192 g/mol. The van der Waals surface area contributed by atoms with E-state index >= 15 is 0 Å². The number of rotatable bonds is 1. The second kappa shape index (κ2) is 3.49. The lowest BCUT2D eigenvalue weighted by Crippen LogP contribution is -1.89. The summed E-state index contributed by atoms with van der Waals surface area (Å²) in [6, 6.07) is 5.40. The molecule has 0 saturated carbocycles. The van der Waals surface area contributed by atoms with Gasteiger partial charge in [0.15, 0.2) is 0 Å². The molecule has 0 aromatic carbocycles. The molecule has 0 unspecified atom stereocenters. The Morgan fingerprint density at radius 2 is 1.86 bits per heavy atom. The lowest BCUT2D eigenvalue weighted by molar-refractivity contribution is 0.583. The summed E-state index contributed by atoms with van der Waals surface area (Å²) in [5, 5.41) is 0. The standard InChI is InChI=1S/C10H6F2N2/c11-8-2-1-5-13-10(8)7-3-4-9(12)14-6-7/h1-6H. The molecule has 14 heavy (non-hydrogen) atoms. The van der Waals surface area contributed by atoms with Gasteiger partial charge in [-0.1, -0.05) is 0 Å². The van der Waals surface area contributed by atoms with Gasteiger partial charge in [0.2, 0.25) is 5.95 Å². The van der Waals surface area contributed by atoms with Crippen LogP contribution in [0.3, 0.4) is 0 Å². The summed E-state index contributed by atoms with van der Waals surface area (Å²) >= 11 is 0. The summed E-state index contributed by atoms with van der Waals surface area (Å²) in [7, 11) is 0. The fraction of sp³-hybridized carbons (Fsp3) is 0. The molecule has 0 bridgehead atoms. The molecule has 2 aromatic rings. The van der Waals surface area contributed by atoms with Gasteiger partial charge in [0.05, 0.1) is 0 Å². The van der Waals surface area contributed by atoms with Crippen molar-refractivity contribution in [1.29, 1.82) is 0 Å². The second-order valence-corrected chi connectivity index (χ2v) is 2.70. The molecule has 2 heterocycles. The molecule has 2 aromatic heterocycles. The molecule has 0 aliphatic rings. The van der Waals surface area contributed by atoms with E-state index in [0.717, 1.165) is 0 Å². The van der Waals surface area contributed by atoms with Crippen LogP contribution in [0.5, 0.6) is 0 Å². The smallest absolute Gasteiger partial charge is 0.212 e. The fourth-order valence-corrected chi connectivity index (χ4v) is 1.11. The van der Waals surface area contributed by atoms with Gasteiger partial charge in [0.25, 0.3) is 0 Å². The number of pyridine rings is 2. The highest BCUT2D eigenvalue weighted by molar-refractivity contribution is 5.57. The molecule has 0 saturated heterocycles. The molecule has 0 fully saturated rings. The van der Waals surface area contributed by atoms with Gasteiger partial charge in [0.1, 0.15) is 11.5 Å². The van der Waals surface area contributed by atoms with Crippen molar-refractivity contribution >= 4 is 0 Å². The Balaban J connectivity index is 2.50. The van der Waals surface area contributed by atoms with Gasteiger partial charge in [-0.25, -0.2) is 9.37 Å². The predicted molar refractivity (Wildman–Crippen MR) is 47.4 cm³/mol. The molecule has 0 aliphatic carbocycles. The first-order chi connectivity index (χ1) is 6.77. The largest absolute Gasteiger partial charge is 0.253 e. The molecule has 0 spiro atoms.